The first-order valence-corrected chi connectivity index (χ1v) is 11.4. The number of anilines is 1. The Bertz CT molecular complexity index is 1640. The van der Waals surface area contributed by atoms with Crippen molar-refractivity contribution in [3.63, 3.8) is 0 Å². The zero-order chi connectivity index (χ0) is 26.1. The van der Waals surface area contributed by atoms with E-state index in [1.54, 1.807) is 49.6 Å². The third-order valence-electron chi connectivity index (χ3n) is 5.95. The molecule has 0 bridgehead atoms. The van der Waals surface area contributed by atoms with Gasteiger partial charge in [-0.1, -0.05) is 30.3 Å². The van der Waals surface area contributed by atoms with Crippen LogP contribution >= 0.6 is 0 Å². The number of para-hydroxylation sites is 1. The maximum absolute atomic E-state index is 15.0. The van der Waals surface area contributed by atoms with Crippen molar-refractivity contribution in [2.75, 3.05) is 5.32 Å². The van der Waals surface area contributed by atoms with Crippen molar-refractivity contribution in [3.05, 3.63) is 95.4 Å². The minimum absolute atomic E-state index is 0.0384. The predicted molar refractivity (Wildman–Crippen MR) is 135 cm³/mol. The lowest BCUT2D eigenvalue weighted by atomic mass is 10.0. The van der Waals surface area contributed by atoms with Crippen molar-refractivity contribution in [2.24, 2.45) is 12.8 Å². The summed E-state index contributed by atoms with van der Waals surface area (Å²) in [5.74, 6) is -1.86. The smallest absolute Gasteiger partial charge is 0.259 e. The molecule has 2 heterocycles. The molecule has 0 fully saturated rings. The Balaban J connectivity index is 1.63. The van der Waals surface area contributed by atoms with Gasteiger partial charge in [0.25, 0.3) is 5.91 Å². The lowest BCUT2D eigenvalue weighted by Crippen LogP contribution is -2.17. The first-order valence-electron chi connectivity index (χ1n) is 11.4. The van der Waals surface area contributed by atoms with Gasteiger partial charge in [0.05, 0.1) is 28.9 Å². The standard InChI is InChI=1S/C27H22F2N6O2/c1-34-11-10-23(32-34)20-14-21(22(29)12-17(20)15-28)27(37)31-26-19-9-5-6-16(13-24(30)36)25(19)33-35(26)18-7-3-2-4-8-18/h2-12,14H,13,15H2,1H3,(H2,30,36)(H,31,37). The summed E-state index contributed by atoms with van der Waals surface area (Å²) >= 11 is 0. The SMILES string of the molecule is Cn1ccc(-c2cc(C(=O)Nc3c4cccc(CC(N)=O)c4nn3-c3ccccc3)c(F)cc2CF)n1. The molecule has 186 valence electrons. The molecule has 3 aromatic carbocycles. The van der Waals surface area contributed by atoms with Crippen LogP contribution in [-0.2, 0) is 24.9 Å². The van der Waals surface area contributed by atoms with Crippen LogP contribution in [0.5, 0.6) is 0 Å². The Kier molecular flexibility index (Phi) is 6.22. The van der Waals surface area contributed by atoms with Crippen LogP contribution in [0.3, 0.4) is 0 Å². The summed E-state index contributed by atoms with van der Waals surface area (Å²) in [6.45, 7) is -0.918. The van der Waals surface area contributed by atoms with E-state index >= 15 is 4.39 Å². The number of hydrogen-bond acceptors (Lipinski definition) is 4. The van der Waals surface area contributed by atoms with Gasteiger partial charge in [0.1, 0.15) is 18.3 Å². The highest BCUT2D eigenvalue weighted by atomic mass is 19.1. The van der Waals surface area contributed by atoms with Crippen LogP contribution in [0.4, 0.5) is 14.6 Å². The molecule has 8 nitrogen and oxygen atoms in total. The zero-order valence-corrected chi connectivity index (χ0v) is 19.8. The van der Waals surface area contributed by atoms with Crippen molar-refractivity contribution < 1.29 is 18.4 Å². The number of halogens is 2. The highest BCUT2D eigenvalue weighted by molar-refractivity contribution is 6.09. The number of carbonyl (C=O) groups excluding carboxylic acids is 2. The molecular formula is C27H22F2N6O2. The predicted octanol–water partition coefficient (Wildman–Crippen LogP) is 4.31. The van der Waals surface area contributed by atoms with Gasteiger partial charge in [-0.25, -0.2) is 13.5 Å². The molecule has 0 radical (unpaired) electrons. The largest absolute Gasteiger partial charge is 0.369 e. The van der Waals surface area contributed by atoms with Gasteiger partial charge >= 0.3 is 0 Å². The van der Waals surface area contributed by atoms with Gasteiger partial charge in [0.15, 0.2) is 0 Å². The van der Waals surface area contributed by atoms with Gasteiger partial charge < -0.3 is 11.1 Å². The molecule has 0 aliphatic heterocycles. The number of fused-ring (bicyclic) bond motifs is 1. The van der Waals surface area contributed by atoms with E-state index in [0.717, 1.165) is 6.07 Å². The molecule has 0 saturated carbocycles. The molecule has 0 spiro atoms. The molecule has 3 N–H and O–H groups in total. The third kappa shape index (κ3) is 4.56. The molecule has 37 heavy (non-hydrogen) atoms. The highest BCUT2D eigenvalue weighted by Gasteiger charge is 2.22. The second kappa shape index (κ2) is 9.65. The summed E-state index contributed by atoms with van der Waals surface area (Å²) < 4.78 is 31.8. The van der Waals surface area contributed by atoms with E-state index < -0.39 is 24.3 Å². The molecule has 0 unspecified atom stereocenters. The van der Waals surface area contributed by atoms with Gasteiger partial charge in [0.2, 0.25) is 5.91 Å². The Morgan fingerprint density at radius 2 is 1.78 bits per heavy atom. The number of nitrogens with zero attached hydrogens (tertiary/aromatic N) is 4. The van der Waals surface area contributed by atoms with Crippen molar-refractivity contribution in [3.8, 4) is 16.9 Å². The molecule has 5 aromatic rings. The number of rotatable bonds is 7. The van der Waals surface area contributed by atoms with E-state index in [2.05, 4.69) is 15.5 Å². The summed E-state index contributed by atoms with van der Waals surface area (Å²) in [4.78, 5) is 25.0. The summed E-state index contributed by atoms with van der Waals surface area (Å²) in [5, 5.41) is 12.2. The second-order valence-electron chi connectivity index (χ2n) is 8.50. The van der Waals surface area contributed by atoms with Crippen LogP contribution in [0, 0.1) is 5.82 Å². The fourth-order valence-corrected chi connectivity index (χ4v) is 4.24. The van der Waals surface area contributed by atoms with Crippen LogP contribution in [0.2, 0.25) is 0 Å². The average molecular weight is 501 g/mol. The molecule has 2 amide bonds. The number of alkyl halides is 1. The number of aromatic nitrogens is 4. The van der Waals surface area contributed by atoms with Crippen LogP contribution < -0.4 is 11.1 Å². The third-order valence-corrected chi connectivity index (χ3v) is 5.95. The monoisotopic (exact) mass is 500 g/mol. The van der Waals surface area contributed by atoms with Crippen molar-refractivity contribution in [1.29, 1.82) is 0 Å². The first kappa shape index (κ1) is 23.9. The number of aryl methyl sites for hydroxylation is 1. The molecule has 0 aliphatic carbocycles. The summed E-state index contributed by atoms with van der Waals surface area (Å²) in [6, 6.07) is 18.2. The van der Waals surface area contributed by atoms with E-state index in [-0.39, 0.29) is 23.4 Å². The molecule has 2 aromatic heterocycles. The maximum Gasteiger partial charge on any atom is 0.259 e. The fraction of sp³-hybridized carbons (Fsp3) is 0.111. The Labute approximate surface area is 210 Å². The van der Waals surface area contributed by atoms with E-state index in [1.165, 1.54) is 15.4 Å². The quantitative estimate of drug-likeness (QED) is 0.347. The number of nitrogens with one attached hydrogen (secondary N) is 1. The van der Waals surface area contributed by atoms with E-state index in [1.807, 2.05) is 18.2 Å². The summed E-state index contributed by atoms with van der Waals surface area (Å²) in [6.07, 6.45) is 1.64. The Morgan fingerprint density at radius 3 is 2.46 bits per heavy atom. The van der Waals surface area contributed by atoms with Crippen molar-refractivity contribution >= 4 is 28.5 Å². The lowest BCUT2D eigenvalue weighted by molar-refractivity contribution is -0.117. The van der Waals surface area contributed by atoms with Gasteiger partial charge in [-0.05, 0) is 47.5 Å². The number of carbonyl (C=O) groups is 2. The minimum Gasteiger partial charge on any atom is -0.369 e. The number of primary amides is 1. The van der Waals surface area contributed by atoms with Crippen molar-refractivity contribution in [2.45, 2.75) is 13.1 Å². The van der Waals surface area contributed by atoms with Crippen LogP contribution in [0.1, 0.15) is 21.5 Å². The maximum atomic E-state index is 15.0. The summed E-state index contributed by atoms with van der Waals surface area (Å²) in [5.41, 5.74) is 7.66. The number of nitrogens with two attached hydrogens (primary N) is 1. The molecule has 0 aliphatic rings. The number of benzene rings is 3. The molecule has 0 saturated heterocycles. The van der Waals surface area contributed by atoms with Gasteiger partial charge in [-0.2, -0.15) is 10.2 Å². The lowest BCUT2D eigenvalue weighted by Gasteiger charge is -2.12. The molecule has 10 heteroatoms. The zero-order valence-electron chi connectivity index (χ0n) is 19.8. The van der Waals surface area contributed by atoms with Crippen molar-refractivity contribution in [1.82, 2.24) is 19.6 Å². The topological polar surface area (TPSA) is 108 Å². The molecule has 5 rings (SSSR count). The summed E-state index contributed by atoms with van der Waals surface area (Å²) in [7, 11) is 1.71. The molecule has 0 atom stereocenters. The number of hydrogen-bond donors (Lipinski definition) is 2. The Hall–Kier alpha value is -4.86. The van der Waals surface area contributed by atoms with Gasteiger partial charge in [0, 0.05) is 24.2 Å². The van der Waals surface area contributed by atoms with Gasteiger partial charge in [-0.3, -0.25) is 14.3 Å². The second-order valence-corrected chi connectivity index (χ2v) is 8.50. The fourth-order valence-electron chi connectivity index (χ4n) is 4.24. The van der Waals surface area contributed by atoms with Crippen LogP contribution in [0.25, 0.3) is 27.8 Å². The average Bonchev–Trinajstić information content (AvgIpc) is 3.48. The normalized spacial score (nSPS) is 11.1. The van der Waals surface area contributed by atoms with Crippen LogP contribution in [0.15, 0.2) is 72.9 Å². The minimum atomic E-state index is -0.918. The van der Waals surface area contributed by atoms with Gasteiger partial charge in [-0.15, -0.1) is 0 Å². The van der Waals surface area contributed by atoms with E-state index in [4.69, 9.17) is 5.73 Å². The van der Waals surface area contributed by atoms with E-state index in [9.17, 15) is 14.0 Å². The Morgan fingerprint density at radius 1 is 1.00 bits per heavy atom. The molecular weight excluding hydrogens is 478 g/mol. The first-order chi connectivity index (χ1) is 17.9. The van der Waals surface area contributed by atoms with E-state index in [0.29, 0.717) is 33.4 Å². The number of amides is 2. The van der Waals surface area contributed by atoms with Crippen LogP contribution in [-0.4, -0.2) is 31.4 Å². The highest BCUT2D eigenvalue weighted by Crippen LogP contribution is 2.31.